The van der Waals surface area contributed by atoms with Gasteiger partial charge in [0.15, 0.2) is 0 Å². The minimum atomic E-state index is -0.395. The first kappa shape index (κ1) is 20.0. The first-order valence-electron chi connectivity index (χ1n) is 8.57. The van der Waals surface area contributed by atoms with Crippen LogP contribution in [0.25, 0.3) is 0 Å². The average molecular weight is 336 g/mol. The van der Waals surface area contributed by atoms with Crippen LogP contribution >= 0.6 is 0 Å². The molecule has 0 aliphatic carbocycles. The van der Waals surface area contributed by atoms with Gasteiger partial charge in [-0.2, -0.15) is 0 Å². The molecule has 6 nitrogen and oxygen atoms in total. The Morgan fingerprint density at radius 3 is 2.33 bits per heavy atom. The van der Waals surface area contributed by atoms with Crippen molar-refractivity contribution in [1.29, 1.82) is 0 Å². The fraction of sp³-hybridized carbons (Fsp3) is 0.556. The molecule has 24 heavy (non-hydrogen) atoms. The molecule has 6 heteroatoms. The molecule has 0 radical (unpaired) electrons. The van der Waals surface area contributed by atoms with Crippen molar-refractivity contribution in [3.8, 4) is 5.75 Å². The van der Waals surface area contributed by atoms with Gasteiger partial charge in [0.25, 0.3) is 11.8 Å². The van der Waals surface area contributed by atoms with Gasteiger partial charge >= 0.3 is 0 Å². The normalized spacial score (nSPS) is 10.2. The lowest BCUT2D eigenvalue weighted by atomic mass is 10.2. The standard InChI is InChI=1S/C18H28N2O4/c1-3-5-6-7-8-13-24-16-11-9-15(10-12-16)18(22)20-19-17(21)14-23-4-2/h9-12H,3-8,13-14H2,1-2H3,(H,19,21)(H,20,22). The molecule has 0 bridgehead atoms. The number of ether oxygens (including phenoxy) is 2. The molecule has 0 heterocycles. The lowest BCUT2D eigenvalue weighted by molar-refractivity contribution is -0.126. The highest BCUT2D eigenvalue weighted by Crippen LogP contribution is 2.13. The van der Waals surface area contributed by atoms with Crippen LogP contribution in [-0.4, -0.2) is 31.6 Å². The van der Waals surface area contributed by atoms with Crippen LogP contribution in [0.2, 0.25) is 0 Å². The third-order valence-electron chi connectivity index (χ3n) is 3.39. The molecule has 0 aliphatic heterocycles. The monoisotopic (exact) mass is 336 g/mol. The van der Waals surface area contributed by atoms with Crippen molar-refractivity contribution in [1.82, 2.24) is 10.9 Å². The van der Waals surface area contributed by atoms with E-state index >= 15 is 0 Å². The number of unbranched alkanes of at least 4 members (excludes halogenated alkanes) is 4. The number of amides is 2. The molecule has 0 unspecified atom stereocenters. The van der Waals surface area contributed by atoms with E-state index in [-0.39, 0.29) is 12.5 Å². The number of nitrogens with one attached hydrogen (secondary N) is 2. The summed E-state index contributed by atoms with van der Waals surface area (Å²) in [7, 11) is 0. The number of rotatable bonds is 11. The zero-order valence-corrected chi connectivity index (χ0v) is 14.6. The van der Waals surface area contributed by atoms with Crippen LogP contribution in [0.3, 0.4) is 0 Å². The molecule has 0 saturated carbocycles. The Morgan fingerprint density at radius 2 is 1.67 bits per heavy atom. The summed E-state index contributed by atoms with van der Waals surface area (Å²) in [6.45, 7) is 5.03. The van der Waals surface area contributed by atoms with E-state index in [2.05, 4.69) is 17.8 Å². The first-order valence-corrected chi connectivity index (χ1v) is 8.57. The molecule has 0 aliphatic rings. The second-order valence-corrected chi connectivity index (χ2v) is 5.43. The van der Waals surface area contributed by atoms with Crippen molar-refractivity contribution in [3.63, 3.8) is 0 Å². The largest absolute Gasteiger partial charge is 0.494 e. The molecular weight excluding hydrogens is 308 g/mol. The molecule has 1 aromatic carbocycles. The van der Waals surface area contributed by atoms with Gasteiger partial charge in [0, 0.05) is 12.2 Å². The summed E-state index contributed by atoms with van der Waals surface area (Å²) in [5.41, 5.74) is 5.08. The van der Waals surface area contributed by atoms with Gasteiger partial charge in [0.2, 0.25) is 0 Å². The summed E-state index contributed by atoms with van der Waals surface area (Å²) in [5.74, 6) is -0.0402. The average Bonchev–Trinajstić information content (AvgIpc) is 2.61. The van der Waals surface area contributed by atoms with Gasteiger partial charge in [-0.3, -0.25) is 20.4 Å². The summed E-state index contributed by atoms with van der Waals surface area (Å²) in [6.07, 6.45) is 5.96. The van der Waals surface area contributed by atoms with Crippen molar-refractivity contribution in [2.75, 3.05) is 19.8 Å². The molecule has 1 rings (SSSR count). The molecule has 2 N–H and O–H groups in total. The summed E-state index contributed by atoms with van der Waals surface area (Å²) in [6, 6.07) is 6.83. The van der Waals surface area contributed by atoms with Crippen LogP contribution in [0.4, 0.5) is 0 Å². The van der Waals surface area contributed by atoms with Crippen molar-refractivity contribution < 1.29 is 19.1 Å². The lowest BCUT2D eigenvalue weighted by Crippen LogP contribution is -2.43. The Kier molecular flexibility index (Phi) is 10.3. The maximum Gasteiger partial charge on any atom is 0.269 e. The Hall–Kier alpha value is -2.08. The molecule has 0 aromatic heterocycles. The SMILES string of the molecule is CCCCCCCOc1ccc(C(=O)NNC(=O)COCC)cc1. The maximum atomic E-state index is 11.9. The van der Waals surface area contributed by atoms with Gasteiger partial charge in [0.05, 0.1) is 6.61 Å². The second-order valence-electron chi connectivity index (χ2n) is 5.43. The van der Waals surface area contributed by atoms with Gasteiger partial charge in [0.1, 0.15) is 12.4 Å². The quantitative estimate of drug-likeness (QED) is 0.481. The van der Waals surface area contributed by atoms with Crippen LogP contribution in [0.15, 0.2) is 24.3 Å². The van der Waals surface area contributed by atoms with Gasteiger partial charge in [-0.15, -0.1) is 0 Å². The van der Waals surface area contributed by atoms with E-state index in [4.69, 9.17) is 9.47 Å². The smallest absolute Gasteiger partial charge is 0.269 e. The maximum absolute atomic E-state index is 11.9. The number of carbonyl (C=O) groups is 2. The minimum absolute atomic E-state index is 0.0815. The van der Waals surface area contributed by atoms with E-state index in [1.54, 1.807) is 31.2 Å². The van der Waals surface area contributed by atoms with Gasteiger partial charge in [-0.05, 0) is 37.6 Å². The highest BCUT2D eigenvalue weighted by Gasteiger charge is 2.07. The van der Waals surface area contributed by atoms with Crippen LogP contribution in [-0.2, 0) is 9.53 Å². The Morgan fingerprint density at radius 1 is 0.958 bits per heavy atom. The van der Waals surface area contributed by atoms with E-state index in [0.29, 0.717) is 18.8 Å². The first-order chi connectivity index (χ1) is 11.7. The van der Waals surface area contributed by atoms with Crippen molar-refractivity contribution in [2.24, 2.45) is 0 Å². The van der Waals surface area contributed by atoms with E-state index in [1.165, 1.54) is 25.7 Å². The third kappa shape index (κ3) is 8.53. The van der Waals surface area contributed by atoms with Gasteiger partial charge in [-0.25, -0.2) is 0 Å². The molecular formula is C18H28N2O4. The lowest BCUT2D eigenvalue weighted by Gasteiger charge is -2.09. The second kappa shape index (κ2) is 12.4. The van der Waals surface area contributed by atoms with Crippen LogP contribution in [0.5, 0.6) is 5.75 Å². The fourth-order valence-electron chi connectivity index (χ4n) is 2.03. The fourth-order valence-corrected chi connectivity index (χ4v) is 2.03. The zero-order valence-electron chi connectivity index (χ0n) is 14.6. The summed E-state index contributed by atoms with van der Waals surface area (Å²) < 4.78 is 10.6. The van der Waals surface area contributed by atoms with E-state index in [9.17, 15) is 9.59 Å². The zero-order chi connectivity index (χ0) is 17.6. The predicted molar refractivity (Wildman–Crippen MR) is 92.8 cm³/mol. The Balaban J connectivity index is 2.27. The number of benzene rings is 1. The van der Waals surface area contributed by atoms with Crippen LogP contribution < -0.4 is 15.6 Å². The summed E-state index contributed by atoms with van der Waals surface area (Å²) >= 11 is 0. The molecule has 1 aromatic rings. The molecule has 0 spiro atoms. The van der Waals surface area contributed by atoms with Crippen molar-refractivity contribution in [2.45, 2.75) is 46.0 Å². The van der Waals surface area contributed by atoms with Gasteiger partial charge in [-0.1, -0.05) is 32.6 Å². The molecule has 0 atom stereocenters. The molecule has 0 fully saturated rings. The van der Waals surface area contributed by atoms with Crippen molar-refractivity contribution in [3.05, 3.63) is 29.8 Å². The highest BCUT2D eigenvalue weighted by molar-refractivity contribution is 5.95. The van der Waals surface area contributed by atoms with Crippen LogP contribution in [0, 0.1) is 0 Å². The Bertz CT molecular complexity index is 488. The van der Waals surface area contributed by atoms with E-state index < -0.39 is 5.91 Å². The molecule has 0 saturated heterocycles. The topological polar surface area (TPSA) is 76.7 Å². The summed E-state index contributed by atoms with van der Waals surface area (Å²) in [5, 5.41) is 0. The van der Waals surface area contributed by atoms with Crippen LogP contribution in [0.1, 0.15) is 56.3 Å². The minimum Gasteiger partial charge on any atom is -0.494 e. The van der Waals surface area contributed by atoms with E-state index in [0.717, 1.165) is 12.2 Å². The summed E-state index contributed by atoms with van der Waals surface area (Å²) in [4.78, 5) is 23.2. The highest BCUT2D eigenvalue weighted by atomic mass is 16.5. The number of hydrogen-bond acceptors (Lipinski definition) is 4. The number of hydrazine groups is 1. The number of hydrogen-bond donors (Lipinski definition) is 2. The molecule has 2 amide bonds. The molecule has 134 valence electrons. The number of carbonyl (C=O) groups excluding carboxylic acids is 2. The van der Waals surface area contributed by atoms with Gasteiger partial charge < -0.3 is 9.47 Å². The Labute approximate surface area is 143 Å². The van der Waals surface area contributed by atoms with Crippen molar-refractivity contribution >= 4 is 11.8 Å². The third-order valence-corrected chi connectivity index (χ3v) is 3.39. The predicted octanol–water partition coefficient (Wildman–Crippen LogP) is 2.83. The van der Waals surface area contributed by atoms with E-state index in [1.807, 2.05) is 0 Å².